The maximum absolute atomic E-state index is 11.8. The third kappa shape index (κ3) is 2.20. The van der Waals surface area contributed by atoms with E-state index < -0.39 is 5.97 Å². The summed E-state index contributed by atoms with van der Waals surface area (Å²) in [5.41, 5.74) is 1.24. The number of carbonyl (C=O) groups excluding carboxylic acids is 2. The third-order valence-corrected chi connectivity index (χ3v) is 3.40. The lowest BCUT2D eigenvalue weighted by Crippen LogP contribution is -2.25. The van der Waals surface area contributed by atoms with Crippen LogP contribution in [0.5, 0.6) is 0 Å². The molecule has 0 aliphatic carbocycles. The van der Waals surface area contributed by atoms with Crippen molar-refractivity contribution < 1.29 is 14.3 Å². The Balaban J connectivity index is 2.13. The number of aromatic nitrogens is 3. The first kappa shape index (κ1) is 13.1. The van der Waals surface area contributed by atoms with Crippen LogP contribution in [0.3, 0.4) is 0 Å². The first-order valence-corrected chi connectivity index (χ1v) is 6.25. The van der Waals surface area contributed by atoms with Gasteiger partial charge in [-0.3, -0.25) is 14.7 Å². The van der Waals surface area contributed by atoms with Gasteiger partial charge in [-0.2, -0.15) is 5.10 Å². The van der Waals surface area contributed by atoms with E-state index in [1.165, 1.54) is 19.4 Å². The Hall–Kier alpha value is -2.90. The Bertz CT molecular complexity index is 756. The molecule has 0 saturated carbocycles. The number of anilines is 1. The summed E-state index contributed by atoms with van der Waals surface area (Å²) in [7, 11) is 1.27. The number of aromatic amines is 2. The van der Waals surface area contributed by atoms with Gasteiger partial charge in [0.05, 0.1) is 7.11 Å². The van der Waals surface area contributed by atoms with Crippen molar-refractivity contribution in [1.29, 1.82) is 0 Å². The average molecular weight is 288 g/mol. The van der Waals surface area contributed by atoms with Gasteiger partial charge < -0.3 is 15.0 Å². The molecule has 0 saturated heterocycles. The van der Waals surface area contributed by atoms with Gasteiger partial charge in [-0.15, -0.1) is 0 Å². The molecular weight excluding hydrogens is 276 g/mol. The first-order chi connectivity index (χ1) is 10.1. The van der Waals surface area contributed by atoms with Crippen molar-refractivity contribution in [3.63, 3.8) is 0 Å². The number of carbonyl (C=O) groups is 2. The van der Waals surface area contributed by atoms with Crippen molar-refractivity contribution in [2.24, 2.45) is 0 Å². The molecule has 0 spiro atoms. The number of rotatable bonds is 2. The van der Waals surface area contributed by atoms with Crippen molar-refractivity contribution in [1.82, 2.24) is 15.2 Å². The lowest BCUT2D eigenvalue weighted by atomic mass is 9.86. The summed E-state index contributed by atoms with van der Waals surface area (Å²) in [6.45, 7) is 0. The van der Waals surface area contributed by atoms with Crippen LogP contribution in [0.1, 0.15) is 34.0 Å². The first-order valence-electron chi connectivity index (χ1n) is 6.25. The number of amides is 1. The van der Waals surface area contributed by atoms with Gasteiger partial charge in [0.15, 0.2) is 5.82 Å². The van der Waals surface area contributed by atoms with E-state index in [0.717, 1.165) is 5.56 Å². The standard InChI is InChI=1S/C13H12N4O4/c1-21-13(20)11-10-7(6-2-3-8(18)14-5-6)4-9(19)15-12(10)17-16-11/h2-3,5,7H,4H2,1H3,(H,14,18)(H2,15,16,17,19). The smallest absolute Gasteiger partial charge is 0.356 e. The van der Waals surface area contributed by atoms with Crippen LogP contribution in [0, 0.1) is 0 Å². The second-order valence-electron chi connectivity index (χ2n) is 4.64. The number of esters is 1. The zero-order valence-electron chi connectivity index (χ0n) is 11.1. The summed E-state index contributed by atoms with van der Waals surface area (Å²) in [6.07, 6.45) is 1.69. The third-order valence-electron chi connectivity index (χ3n) is 3.40. The lowest BCUT2D eigenvalue weighted by Gasteiger charge is -2.22. The molecule has 2 aromatic rings. The van der Waals surface area contributed by atoms with Crippen molar-refractivity contribution in [2.45, 2.75) is 12.3 Å². The maximum atomic E-state index is 11.8. The van der Waals surface area contributed by atoms with Crippen LogP contribution < -0.4 is 10.9 Å². The molecular formula is C13H12N4O4. The van der Waals surface area contributed by atoms with Crippen LogP contribution in [0.25, 0.3) is 0 Å². The van der Waals surface area contributed by atoms with Gasteiger partial charge in [-0.1, -0.05) is 6.07 Å². The minimum atomic E-state index is -0.561. The van der Waals surface area contributed by atoms with E-state index in [0.29, 0.717) is 11.4 Å². The molecule has 1 unspecified atom stereocenters. The highest BCUT2D eigenvalue weighted by Crippen LogP contribution is 2.37. The summed E-state index contributed by atoms with van der Waals surface area (Å²) >= 11 is 0. The van der Waals surface area contributed by atoms with Crippen LogP contribution in [-0.2, 0) is 9.53 Å². The number of fused-ring (bicyclic) bond motifs is 1. The lowest BCUT2D eigenvalue weighted by molar-refractivity contribution is -0.116. The number of methoxy groups -OCH3 is 1. The normalized spacial score (nSPS) is 17.0. The molecule has 8 nitrogen and oxygen atoms in total. The molecule has 3 N–H and O–H groups in total. The molecule has 3 heterocycles. The van der Waals surface area contributed by atoms with E-state index in [-0.39, 0.29) is 29.5 Å². The van der Waals surface area contributed by atoms with Gasteiger partial charge in [-0.05, 0) is 5.56 Å². The Morgan fingerprint density at radius 2 is 2.19 bits per heavy atom. The van der Waals surface area contributed by atoms with E-state index >= 15 is 0 Å². The summed E-state index contributed by atoms with van der Waals surface area (Å²) in [5.74, 6) is -0.836. The molecule has 21 heavy (non-hydrogen) atoms. The predicted molar refractivity (Wildman–Crippen MR) is 72.1 cm³/mol. The maximum Gasteiger partial charge on any atom is 0.356 e. The largest absolute Gasteiger partial charge is 0.464 e. The summed E-state index contributed by atoms with van der Waals surface area (Å²) in [4.78, 5) is 37.3. The van der Waals surface area contributed by atoms with Crippen LogP contribution in [0.2, 0.25) is 0 Å². The predicted octanol–water partition coefficient (Wildman–Crippen LogP) is 0.359. The summed E-state index contributed by atoms with van der Waals surface area (Å²) < 4.78 is 4.71. The second-order valence-corrected chi connectivity index (χ2v) is 4.64. The Kier molecular flexibility index (Phi) is 3.05. The number of nitrogens with one attached hydrogen (secondary N) is 3. The van der Waals surface area contributed by atoms with Gasteiger partial charge in [0.1, 0.15) is 5.69 Å². The number of H-pyrrole nitrogens is 2. The average Bonchev–Trinajstić information content (AvgIpc) is 2.90. The highest BCUT2D eigenvalue weighted by Gasteiger charge is 2.34. The zero-order valence-corrected chi connectivity index (χ0v) is 11.1. The highest BCUT2D eigenvalue weighted by molar-refractivity contribution is 5.98. The van der Waals surface area contributed by atoms with Crippen LogP contribution in [0.15, 0.2) is 23.1 Å². The Morgan fingerprint density at radius 3 is 2.86 bits per heavy atom. The second kappa shape index (κ2) is 4.89. The molecule has 0 aromatic carbocycles. The van der Waals surface area contributed by atoms with Gasteiger partial charge in [0.25, 0.3) is 0 Å². The minimum absolute atomic E-state index is 0.155. The molecule has 1 amide bonds. The van der Waals surface area contributed by atoms with Crippen molar-refractivity contribution in [3.05, 3.63) is 45.5 Å². The van der Waals surface area contributed by atoms with Gasteiger partial charge >= 0.3 is 5.97 Å². The van der Waals surface area contributed by atoms with E-state index in [4.69, 9.17) is 4.74 Å². The Labute approximate surface area is 118 Å². The number of hydrogen-bond donors (Lipinski definition) is 3. The number of hydrogen-bond acceptors (Lipinski definition) is 5. The molecule has 0 fully saturated rings. The molecule has 1 aliphatic rings. The number of ether oxygens (including phenoxy) is 1. The topological polar surface area (TPSA) is 117 Å². The van der Waals surface area contributed by atoms with Gasteiger partial charge in [0.2, 0.25) is 11.5 Å². The van der Waals surface area contributed by atoms with Gasteiger partial charge in [0, 0.05) is 30.2 Å². The Morgan fingerprint density at radius 1 is 1.38 bits per heavy atom. The van der Waals surface area contributed by atoms with Crippen molar-refractivity contribution >= 4 is 17.7 Å². The van der Waals surface area contributed by atoms with Gasteiger partial charge in [-0.25, -0.2) is 4.79 Å². The highest BCUT2D eigenvalue weighted by atomic mass is 16.5. The van der Waals surface area contributed by atoms with E-state index in [9.17, 15) is 14.4 Å². The molecule has 2 aromatic heterocycles. The summed E-state index contributed by atoms with van der Waals surface area (Å²) in [6, 6.07) is 3.00. The number of nitrogens with zero attached hydrogens (tertiary/aromatic N) is 1. The molecule has 3 rings (SSSR count). The molecule has 108 valence electrons. The van der Waals surface area contributed by atoms with E-state index in [2.05, 4.69) is 20.5 Å². The van der Waals surface area contributed by atoms with Crippen molar-refractivity contribution in [2.75, 3.05) is 12.4 Å². The molecule has 0 radical (unpaired) electrons. The monoisotopic (exact) mass is 288 g/mol. The summed E-state index contributed by atoms with van der Waals surface area (Å²) in [5, 5.41) is 9.14. The van der Waals surface area contributed by atoms with Crippen molar-refractivity contribution in [3.8, 4) is 0 Å². The molecule has 1 atom stereocenters. The fraction of sp³-hybridized carbons (Fsp3) is 0.231. The molecule has 1 aliphatic heterocycles. The quantitative estimate of drug-likeness (QED) is 0.690. The fourth-order valence-electron chi connectivity index (χ4n) is 2.44. The zero-order chi connectivity index (χ0) is 15.0. The fourth-order valence-corrected chi connectivity index (χ4v) is 2.44. The minimum Gasteiger partial charge on any atom is -0.464 e. The molecule has 0 bridgehead atoms. The van der Waals surface area contributed by atoms with Crippen LogP contribution in [0.4, 0.5) is 5.82 Å². The number of pyridine rings is 1. The SMILES string of the molecule is COC(=O)c1[nH]nc2c1C(c1ccc(=O)[nH]c1)CC(=O)N2. The molecule has 8 heteroatoms. The van der Waals surface area contributed by atoms with Crippen LogP contribution >= 0.6 is 0 Å². The van der Waals surface area contributed by atoms with E-state index in [1.54, 1.807) is 6.07 Å². The van der Waals surface area contributed by atoms with Crippen LogP contribution in [-0.4, -0.2) is 34.2 Å². The van der Waals surface area contributed by atoms with E-state index in [1.807, 2.05) is 0 Å².